The third kappa shape index (κ3) is 2.65. The predicted octanol–water partition coefficient (Wildman–Crippen LogP) is 1.25. The molecule has 0 amide bonds. The summed E-state index contributed by atoms with van der Waals surface area (Å²) in [7, 11) is 0. The minimum atomic E-state index is 0.337. The lowest BCUT2D eigenvalue weighted by molar-refractivity contribution is 0.585. The van der Waals surface area contributed by atoms with Crippen molar-refractivity contribution < 1.29 is 0 Å². The lowest BCUT2D eigenvalue weighted by Crippen LogP contribution is -2.43. The van der Waals surface area contributed by atoms with E-state index in [1.165, 1.54) is 0 Å². The molecule has 0 saturated carbocycles. The Morgan fingerprint density at radius 1 is 1.20 bits per heavy atom. The number of piperazine rings is 1. The van der Waals surface area contributed by atoms with Crippen LogP contribution in [0.4, 0.5) is 11.6 Å². The van der Waals surface area contributed by atoms with Crippen LogP contribution in [0.15, 0.2) is 18.6 Å². The standard InChI is InChI=1S/C14H20N6/c1-10(2)19-14-11-7-13(20-5-3-15-4-6-20)16-8-12(11)17-9-18-14/h7-10,15H,3-6H2,1-2H3,(H,17,18,19). The van der Waals surface area contributed by atoms with Crippen molar-refractivity contribution in [2.24, 2.45) is 0 Å². The first-order valence-corrected chi connectivity index (χ1v) is 7.07. The number of pyridine rings is 1. The van der Waals surface area contributed by atoms with E-state index in [0.717, 1.165) is 48.7 Å². The van der Waals surface area contributed by atoms with Gasteiger partial charge >= 0.3 is 0 Å². The fourth-order valence-corrected chi connectivity index (χ4v) is 2.40. The van der Waals surface area contributed by atoms with Gasteiger partial charge in [-0.2, -0.15) is 0 Å². The van der Waals surface area contributed by atoms with E-state index < -0.39 is 0 Å². The Morgan fingerprint density at radius 2 is 2.00 bits per heavy atom. The van der Waals surface area contributed by atoms with Crippen LogP contribution in [0.3, 0.4) is 0 Å². The summed E-state index contributed by atoms with van der Waals surface area (Å²) in [4.78, 5) is 15.5. The van der Waals surface area contributed by atoms with Gasteiger partial charge in [-0.05, 0) is 19.9 Å². The highest BCUT2D eigenvalue weighted by Crippen LogP contribution is 2.23. The zero-order chi connectivity index (χ0) is 13.9. The Morgan fingerprint density at radius 3 is 2.75 bits per heavy atom. The number of hydrogen-bond donors (Lipinski definition) is 2. The first kappa shape index (κ1) is 13.1. The lowest BCUT2D eigenvalue weighted by atomic mass is 10.2. The molecule has 2 aromatic heterocycles. The van der Waals surface area contributed by atoms with Gasteiger partial charge in [-0.15, -0.1) is 0 Å². The molecule has 1 aliphatic heterocycles. The molecular formula is C14H20N6. The molecule has 106 valence electrons. The van der Waals surface area contributed by atoms with E-state index in [4.69, 9.17) is 0 Å². The molecule has 0 unspecified atom stereocenters. The SMILES string of the molecule is CC(C)Nc1ncnc2cnc(N3CCNCC3)cc12. The molecule has 20 heavy (non-hydrogen) atoms. The second-order valence-corrected chi connectivity index (χ2v) is 5.32. The van der Waals surface area contributed by atoms with Crippen LogP contribution >= 0.6 is 0 Å². The van der Waals surface area contributed by atoms with Crippen molar-refractivity contribution in [3.05, 3.63) is 18.6 Å². The Labute approximate surface area is 118 Å². The average Bonchev–Trinajstić information content (AvgIpc) is 2.47. The highest BCUT2D eigenvalue weighted by Gasteiger charge is 2.13. The zero-order valence-corrected chi connectivity index (χ0v) is 11.9. The van der Waals surface area contributed by atoms with Crippen LogP contribution in [0, 0.1) is 0 Å². The normalized spacial score (nSPS) is 15.8. The number of hydrogen-bond acceptors (Lipinski definition) is 6. The number of aromatic nitrogens is 3. The maximum Gasteiger partial charge on any atom is 0.137 e. The summed E-state index contributed by atoms with van der Waals surface area (Å²) in [5, 5.41) is 7.75. The summed E-state index contributed by atoms with van der Waals surface area (Å²) in [6, 6.07) is 2.43. The van der Waals surface area contributed by atoms with Crippen molar-refractivity contribution >= 4 is 22.5 Å². The van der Waals surface area contributed by atoms with Gasteiger partial charge in [0.25, 0.3) is 0 Å². The molecule has 2 aromatic rings. The molecule has 0 aromatic carbocycles. The number of anilines is 2. The second kappa shape index (κ2) is 5.58. The summed E-state index contributed by atoms with van der Waals surface area (Å²) >= 11 is 0. The van der Waals surface area contributed by atoms with Gasteiger partial charge in [0.1, 0.15) is 18.0 Å². The molecule has 1 aliphatic rings. The molecule has 3 heterocycles. The topological polar surface area (TPSA) is 66.0 Å². The van der Waals surface area contributed by atoms with Gasteiger partial charge in [0, 0.05) is 37.6 Å². The van der Waals surface area contributed by atoms with E-state index in [2.05, 4.69) is 50.4 Å². The van der Waals surface area contributed by atoms with Crippen molar-refractivity contribution in [1.29, 1.82) is 0 Å². The maximum absolute atomic E-state index is 4.53. The molecule has 0 aliphatic carbocycles. The fraction of sp³-hybridized carbons (Fsp3) is 0.500. The molecule has 0 bridgehead atoms. The summed E-state index contributed by atoms with van der Waals surface area (Å²) in [5.41, 5.74) is 0.877. The Balaban J connectivity index is 1.99. The summed E-state index contributed by atoms with van der Waals surface area (Å²) in [6.07, 6.45) is 3.42. The predicted molar refractivity (Wildman–Crippen MR) is 81.2 cm³/mol. The van der Waals surface area contributed by atoms with Crippen LogP contribution in [0.5, 0.6) is 0 Å². The van der Waals surface area contributed by atoms with Gasteiger partial charge in [0.2, 0.25) is 0 Å². The minimum absolute atomic E-state index is 0.337. The van der Waals surface area contributed by atoms with Gasteiger partial charge in [-0.1, -0.05) is 0 Å². The highest BCUT2D eigenvalue weighted by molar-refractivity contribution is 5.90. The Bertz CT molecular complexity index is 591. The molecule has 3 rings (SSSR count). The van der Waals surface area contributed by atoms with Crippen LogP contribution < -0.4 is 15.5 Å². The van der Waals surface area contributed by atoms with Crippen LogP contribution in [-0.2, 0) is 0 Å². The monoisotopic (exact) mass is 272 g/mol. The van der Waals surface area contributed by atoms with E-state index >= 15 is 0 Å². The molecule has 1 fully saturated rings. The van der Waals surface area contributed by atoms with Crippen LogP contribution in [-0.4, -0.2) is 47.2 Å². The second-order valence-electron chi connectivity index (χ2n) is 5.32. The van der Waals surface area contributed by atoms with Crippen molar-refractivity contribution in [2.45, 2.75) is 19.9 Å². The number of rotatable bonds is 3. The molecule has 6 nitrogen and oxygen atoms in total. The minimum Gasteiger partial charge on any atom is -0.367 e. The third-order valence-corrected chi connectivity index (χ3v) is 3.37. The lowest BCUT2D eigenvalue weighted by Gasteiger charge is -2.28. The molecule has 6 heteroatoms. The van der Waals surface area contributed by atoms with E-state index in [1.807, 2.05) is 6.20 Å². The summed E-state index contributed by atoms with van der Waals surface area (Å²) < 4.78 is 0. The zero-order valence-electron chi connectivity index (χ0n) is 11.9. The van der Waals surface area contributed by atoms with Gasteiger partial charge < -0.3 is 15.5 Å². The average molecular weight is 272 g/mol. The Hall–Kier alpha value is -1.95. The van der Waals surface area contributed by atoms with Crippen LogP contribution in [0.2, 0.25) is 0 Å². The van der Waals surface area contributed by atoms with E-state index in [9.17, 15) is 0 Å². The number of nitrogens with zero attached hydrogens (tertiary/aromatic N) is 4. The van der Waals surface area contributed by atoms with E-state index in [0.29, 0.717) is 6.04 Å². The fourth-order valence-electron chi connectivity index (χ4n) is 2.40. The van der Waals surface area contributed by atoms with Gasteiger partial charge in [0.15, 0.2) is 0 Å². The first-order chi connectivity index (χ1) is 9.74. The van der Waals surface area contributed by atoms with Crippen LogP contribution in [0.25, 0.3) is 10.9 Å². The molecule has 0 radical (unpaired) electrons. The van der Waals surface area contributed by atoms with Gasteiger partial charge in [-0.25, -0.2) is 15.0 Å². The van der Waals surface area contributed by atoms with E-state index in [-0.39, 0.29) is 0 Å². The number of nitrogens with one attached hydrogen (secondary N) is 2. The number of fused-ring (bicyclic) bond motifs is 1. The molecule has 0 atom stereocenters. The molecular weight excluding hydrogens is 252 g/mol. The summed E-state index contributed by atoms with van der Waals surface area (Å²) in [6.45, 7) is 8.18. The first-order valence-electron chi connectivity index (χ1n) is 7.07. The quantitative estimate of drug-likeness (QED) is 0.877. The highest BCUT2D eigenvalue weighted by atomic mass is 15.2. The van der Waals surface area contributed by atoms with Gasteiger partial charge in [0.05, 0.1) is 11.7 Å². The van der Waals surface area contributed by atoms with Crippen molar-refractivity contribution in [2.75, 3.05) is 36.4 Å². The third-order valence-electron chi connectivity index (χ3n) is 3.37. The smallest absolute Gasteiger partial charge is 0.137 e. The molecule has 2 N–H and O–H groups in total. The maximum atomic E-state index is 4.53. The van der Waals surface area contributed by atoms with Crippen molar-refractivity contribution in [3.63, 3.8) is 0 Å². The van der Waals surface area contributed by atoms with Crippen molar-refractivity contribution in [3.8, 4) is 0 Å². The largest absolute Gasteiger partial charge is 0.367 e. The van der Waals surface area contributed by atoms with E-state index in [1.54, 1.807) is 6.33 Å². The summed E-state index contributed by atoms with van der Waals surface area (Å²) in [5.74, 6) is 1.88. The van der Waals surface area contributed by atoms with Gasteiger partial charge in [-0.3, -0.25) is 0 Å². The van der Waals surface area contributed by atoms with Crippen molar-refractivity contribution in [1.82, 2.24) is 20.3 Å². The molecule has 1 saturated heterocycles. The molecule has 0 spiro atoms. The Kier molecular flexibility index (Phi) is 3.64. The van der Waals surface area contributed by atoms with Crippen LogP contribution in [0.1, 0.15) is 13.8 Å².